The van der Waals surface area contributed by atoms with Crippen molar-refractivity contribution in [2.24, 2.45) is 0 Å². The van der Waals surface area contributed by atoms with Crippen LogP contribution in [0.15, 0.2) is 39.3 Å². The van der Waals surface area contributed by atoms with Crippen molar-refractivity contribution in [1.82, 2.24) is 9.55 Å². The first-order valence-corrected chi connectivity index (χ1v) is 7.83. The lowest BCUT2D eigenvalue weighted by atomic mass is 10.2. The molecule has 0 aliphatic rings. The number of aromatic amines is 1. The summed E-state index contributed by atoms with van der Waals surface area (Å²) in [5.41, 5.74) is 3.58. The van der Waals surface area contributed by atoms with E-state index in [1.54, 1.807) is 6.07 Å². The second kappa shape index (κ2) is 5.09. The highest BCUT2D eigenvalue weighted by molar-refractivity contribution is 9.10. The Balaban J connectivity index is 2.39. The molecule has 0 amide bonds. The van der Waals surface area contributed by atoms with Gasteiger partial charge in [-0.25, -0.2) is 4.39 Å². The number of aryl methyl sites for hydroxylation is 1. The Morgan fingerprint density at radius 1 is 1.20 bits per heavy atom. The highest BCUT2D eigenvalue weighted by Gasteiger charge is 2.11. The van der Waals surface area contributed by atoms with Crippen molar-refractivity contribution in [2.75, 3.05) is 0 Å². The molecule has 0 radical (unpaired) electrons. The van der Waals surface area contributed by atoms with Crippen LogP contribution in [-0.2, 0) is 0 Å². The number of H-pyrrole nitrogens is 1. The fourth-order valence-corrected chi connectivity index (χ4v) is 3.32. The summed E-state index contributed by atoms with van der Waals surface area (Å²) in [6.45, 7) is 2.01. The number of hydrogen-bond acceptors (Lipinski definition) is 1. The first-order valence-electron chi connectivity index (χ1n) is 5.83. The van der Waals surface area contributed by atoms with Crippen LogP contribution < -0.4 is 0 Å². The van der Waals surface area contributed by atoms with Crippen LogP contribution in [0, 0.1) is 17.5 Å². The first kappa shape index (κ1) is 14.0. The Hall–Kier alpha value is -0.980. The summed E-state index contributed by atoms with van der Waals surface area (Å²) in [7, 11) is 0. The average Bonchev–Trinajstić information content (AvgIpc) is 2.66. The second-order valence-corrected chi connectivity index (χ2v) is 6.64. The number of hydrogen-bond donors (Lipinski definition) is 1. The summed E-state index contributed by atoms with van der Waals surface area (Å²) < 4.78 is 17.5. The lowest BCUT2D eigenvalue weighted by Gasteiger charge is -2.09. The zero-order valence-electron chi connectivity index (χ0n) is 10.4. The normalized spacial score (nSPS) is 11.2. The summed E-state index contributed by atoms with van der Waals surface area (Å²) in [6, 6.07) is 9.15. The number of imidazole rings is 1. The largest absolute Gasteiger partial charge is 0.330 e. The third-order valence-electron chi connectivity index (χ3n) is 3.12. The molecule has 3 rings (SSSR count). The van der Waals surface area contributed by atoms with E-state index in [1.165, 1.54) is 6.07 Å². The van der Waals surface area contributed by atoms with E-state index in [4.69, 9.17) is 12.2 Å². The number of benzene rings is 2. The maximum atomic E-state index is 13.6. The van der Waals surface area contributed by atoms with Crippen LogP contribution >= 0.6 is 44.1 Å². The van der Waals surface area contributed by atoms with Gasteiger partial charge in [0.1, 0.15) is 5.82 Å². The van der Waals surface area contributed by atoms with Crippen molar-refractivity contribution in [3.05, 3.63) is 55.4 Å². The maximum absolute atomic E-state index is 13.6. The Morgan fingerprint density at radius 2 is 1.95 bits per heavy atom. The van der Waals surface area contributed by atoms with Gasteiger partial charge in [0.15, 0.2) is 4.77 Å². The fourth-order valence-electron chi connectivity index (χ4n) is 2.21. The minimum Gasteiger partial charge on any atom is -0.330 e. The first-order chi connectivity index (χ1) is 9.47. The van der Waals surface area contributed by atoms with E-state index in [-0.39, 0.29) is 5.82 Å². The predicted molar refractivity (Wildman–Crippen MR) is 88.6 cm³/mol. The van der Waals surface area contributed by atoms with Crippen molar-refractivity contribution in [2.45, 2.75) is 6.92 Å². The highest BCUT2D eigenvalue weighted by atomic mass is 79.9. The van der Waals surface area contributed by atoms with Gasteiger partial charge in [0.2, 0.25) is 0 Å². The Morgan fingerprint density at radius 3 is 2.65 bits per heavy atom. The molecule has 0 saturated heterocycles. The van der Waals surface area contributed by atoms with Crippen LogP contribution in [-0.4, -0.2) is 9.55 Å². The molecule has 2 aromatic carbocycles. The molecule has 2 nitrogen and oxygen atoms in total. The quantitative estimate of drug-likeness (QED) is 0.508. The van der Waals surface area contributed by atoms with Gasteiger partial charge in [-0.3, -0.25) is 4.57 Å². The monoisotopic (exact) mass is 414 g/mol. The SMILES string of the molecule is Cc1cc(Br)ccc1-n1c(=S)[nH]c2cc(F)c(Br)cc21. The maximum Gasteiger partial charge on any atom is 0.182 e. The number of nitrogens with zero attached hydrogens (tertiary/aromatic N) is 1. The van der Waals surface area contributed by atoms with Gasteiger partial charge in [0.25, 0.3) is 0 Å². The summed E-state index contributed by atoms with van der Waals surface area (Å²) in [6.07, 6.45) is 0. The minimum atomic E-state index is -0.312. The summed E-state index contributed by atoms with van der Waals surface area (Å²) in [5.74, 6) is -0.312. The number of nitrogens with one attached hydrogen (secondary N) is 1. The number of rotatable bonds is 1. The van der Waals surface area contributed by atoms with Crippen LogP contribution in [0.1, 0.15) is 5.56 Å². The summed E-state index contributed by atoms with van der Waals surface area (Å²) in [5, 5.41) is 0. The number of halogens is 3. The van der Waals surface area contributed by atoms with Gasteiger partial charge in [-0.15, -0.1) is 0 Å². The average molecular weight is 416 g/mol. The van der Waals surface area contributed by atoms with Crippen molar-refractivity contribution in [1.29, 1.82) is 0 Å². The van der Waals surface area contributed by atoms with Crippen molar-refractivity contribution in [3.8, 4) is 5.69 Å². The summed E-state index contributed by atoms with van der Waals surface area (Å²) >= 11 is 12.0. The Bertz CT molecular complexity index is 883. The lowest BCUT2D eigenvalue weighted by molar-refractivity contribution is 0.623. The molecule has 0 saturated carbocycles. The topological polar surface area (TPSA) is 20.7 Å². The molecule has 6 heteroatoms. The van der Waals surface area contributed by atoms with Crippen LogP contribution in [0.4, 0.5) is 4.39 Å². The molecule has 0 fully saturated rings. The zero-order valence-corrected chi connectivity index (χ0v) is 14.4. The Labute approximate surface area is 136 Å². The van der Waals surface area contributed by atoms with E-state index in [2.05, 4.69) is 36.8 Å². The smallest absolute Gasteiger partial charge is 0.182 e. The van der Waals surface area contributed by atoms with E-state index in [1.807, 2.05) is 29.7 Å². The Kier molecular flexibility index (Phi) is 3.56. The van der Waals surface area contributed by atoms with Gasteiger partial charge in [-0.1, -0.05) is 15.9 Å². The molecule has 0 atom stereocenters. The van der Waals surface area contributed by atoms with E-state index < -0.39 is 0 Å². The summed E-state index contributed by atoms with van der Waals surface area (Å²) in [4.78, 5) is 3.04. The molecule has 1 aromatic heterocycles. The van der Waals surface area contributed by atoms with Crippen LogP contribution in [0.3, 0.4) is 0 Å². The molecular formula is C14H9Br2FN2S. The highest BCUT2D eigenvalue weighted by Crippen LogP contribution is 2.28. The van der Waals surface area contributed by atoms with Crippen molar-refractivity contribution in [3.63, 3.8) is 0 Å². The van der Waals surface area contributed by atoms with Gasteiger partial charge in [0.05, 0.1) is 21.2 Å². The predicted octanol–water partition coefficient (Wildman–Crippen LogP) is 5.66. The van der Waals surface area contributed by atoms with E-state index >= 15 is 0 Å². The van der Waals surface area contributed by atoms with Crippen molar-refractivity contribution >= 4 is 55.1 Å². The van der Waals surface area contributed by atoms with Crippen molar-refractivity contribution < 1.29 is 4.39 Å². The molecule has 102 valence electrons. The molecule has 1 heterocycles. The van der Waals surface area contributed by atoms with E-state index in [0.717, 1.165) is 21.2 Å². The van der Waals surface area contributed by atoms with E-state index in [0.29, 0.717) is 14.8 Å². The molecule has 20 heavy (non-hydrogen) atoms. The van der Waals surface area contributed by atoms with Gasteiger partial charge in [-0.05, 0) is 64.9 Å². The number of aromatic nitrogens is 2. The zero-order chi connectivity index (χ0) is 14.4. The fraction of sp³-hybridized carbons (Fsp3) is 0.0714. The third-order valence-corrected chi connectivity index (χ3v) is 4.51. The van der Waals surface area contributed by atoms with Gasteiger partial charge < -0.3 is 4.98 Å². The van der Waals surface area contributed by atoms with Gasteiger partial charge in [0, 0.05) is 10.5 Å². The molecule has 3 aromatic rings. The van der Waals surface area contributed by atoms with E-state index in [9.17, 15) is 4.39 Å². The molecule has 1 N–H and O–H groups in total. The molecular weight excluding hydrogens is 407 g/mol. The number of fused-ring (bicyclic) bond motifs is 1. The molecule has 0 bridgehead atoms. The van der Waals surface area contributed by atoms with Crippen LogP contribution in [0.5, 0.6) is 0 Å². The minimum absolute atomic E-state index is 0.312. The van der Waals surface area contributed by atoms with Gasteiger partial charge in [-0.2, -0.15) is 0 Å². The third kappa shape index (κ3) is 2.25. The van der Waals surface area contributed by atoms with Crippen LogP contribution in [0.2, 0.25) is 0 Å². The molecule has 0 spiro atoms. The van der Waals surface area contributed by atoms with Crippen LogP contribution in [0.25, 0.3) is 16.7 Å². The molecule has 0 aliphatic carbocycles. The second-order valence-electron chi connectivity index (χ2n) is 4.48. The molecule has 0 aliphatic heterocycles. The standard InChI is InChI=1S/C14H9Br2FN2S/c1-7-4-8(15)2-3-12(7)19-13-5-9(16)10(17)6-11(13)18-14(19)20/h2-6H,1H3,(H,18,20). The van der Waals surface area contributed by atoms with Gasteiger partial charge >= 0.3 is 0 Å². The lowest BCUT2D eigenvalue weighted by Crippen LogP contribution is -1.97. The molecule has 0 unspecified atom stereocenters.